The lowest BCUT2D eigenvalue weighted by Crippen LogP contribution is -2.28. The number of aromatic nitrogens is 3. The molecule has 2 aromatic heterocycles. The van der Waals surface area contributed by atoms with Gasteiger partial charge in [-0.1, -0.05) is 41.6 Å². The van der Waals surface area contributed by atoms with Crippen molar-refractivity contribution in [3.05, 3.63) is 77.7 Å². The number of ether oxygens (including phenoxy) is 2. The molecule has 8 nitrogen and oxygen atoms in total. The monoisotopic (exact) mass is 490 g/mol. The van der Waals surface area contributed by atoms with Crippen LogP contribution in [0.1, 0.15) is 29.9 Å². The summed E-state index contributed by atoms with van der Waals surface area (Å²) in [6.45, 7) is 5.53. The van der Waals surface area contributed by atoms with Crippen LogP contribution < -0.4 is 14.8 Å². The van der Waals surface area contributed by atoms with E-state index >= 15 is 0 Å². The summed E-state index contributed by atoms with van der Waals surface area (Å²) >= 11 is 1.35. The van der Waals surface area contributed by atoms with Crippen LogP contribution in [-0.4, -0.2) is 39.6 Å². The van der Waals surface area contributed by atoms with Gasteiger partial charge in [-0.05, 0) is 49.7 Å². The van der Waals surface area contributed by atoms with Crippen molar-refractivity contribution >= 4 is 17.7 Å². The molecule has 1 amide bonds. The van der Waals surface area contributed by atoms with Gasteiger partial charge in [0, 0.05) is 5.56 Å². The molecule has 1 atom stereocenters. The Labute approximate surface area is 207 Å². The Hall–Kier alpha value is -3.72. The van der Waals surface area contributed by atoms with E-state index in [1.165, 1.54) is 11.8 Å². The fourth-order valence-corrected chi connectivity index (χ4v) is 4.67. The maximum Gasteiger partial charge on any atom is 0.230 e. The molecule has 0 aliphatic carbocycles. The number of nitrogens with one attached hydrogen (secondary N) is 1. The van der Waals surface area contributed by atoms with Crippen molar-refractivity contribution in [2.24, 2.45) is 0 Å². The van der Waals surface area contributed by atoms with Crippen molar-refractivity contribution in [2.45, 2.75) is 31.6 Å². The van der Waals surface area contributed by atoms with Crippen LogP contribution in [0, 0.1) is 6.92 Å². The SMILES string of the molecule is Cc1cccc(-c2nnc(SCC(=O)N[C@@H](C)c3ccc4c(c3)OCCO4)n2Cc2ccco2)c1. The van der Waals surface area contributed by atoms with Gasteiger partial charge < -0.3 is 19.2 Å². The smallest absolute Gasteiger partial charge is 0.230 e. The predicted molar refractivity (Wildman–Crippen MR) is 133 cm³/mol. The molecule has 2 aromatic carbocycles. The van der Waals surface area contributed by atoms with E-state index in [2.05, 4.69) is 21.6 Å². The molecule has 180 valence electrons. The third-order valence-electron chi connectivity index (χ3n) is 5.66. The van der Waals surface area contributed by atoms with E-state index in [1.54, 1.807) is 6.26 Å². The Morgan fingerprint density at radius 2 is 1.94 bits per heavy atom. The molecule has 0 saturated carbocycles. The van der Waals surface area contributed by atoms with Gasteiger partial charge in [-0.25, -0.2) is 0 Å². The Morgan fingerprint density at radius 1 is 1.09 bits per heavy atom. The minimum Gasteiger partial charge on any atom is -0.486 e. The average molecular weight is 491 g/mol. The molecule has 0 radical (unpaired) electrons. The van der Waals surface area contributed by atoms with E-state index in [4.69, 9.17) is 13.9 Å². The highest BCUT2D eigenvalue weighted by Crippen LogP contribution is 2.32. The molecule has 3 heterocycles. The number of rotatable bonds is 8. The molecule has 0 spiro atoms. The standard InChI is InChI=1S/C26H26N4O4S/c1-17-5-3-6-20(13-17)25-28-29-26(30(25)15-21-7-4-10-32-21)35-16-24(31)27-18(2)19-8-9-22-23(14-19)34-12-11-33-22/h3-10,13-14,18H,11-12,15-16H2,1-2H3,(H,27,31)/t18-/m0/s1. The number of hydrogen-bond donors (Lipinski definition) is 1. The van der Waals surface area contributed by atoms with Crippen molar-refractivity contribution in [1.82, 2.24) is 20.1 Å². The summed E-state index contributed by atoms with van der Waals surface area (Å²) < 4.78 is 18.8. The molecule has 5 rings (SSSR count). The zero-order chi connectivity index (χ0) is 24.2. The summed E-state index contributed by atoms with van der Waals surface area (Å²) in [5, 5.41) is 12.5. The zero-order valence-corrected chi connectivity index (χ0v) is 20.4. The Balaban J connectivity index is 1.28. The molecular formula is C26H26N4O4S. The first-order valence-electron chi connectivity index (χ1n) is 11.4. The summed E-state index contributed by atoms with van der Waals surface area (Å²) in [6.07, 6.45) is 1.64. The van der Waals surface area contributed by atoms with Crippen LogP contribution in [0.15, 0.2) is 70.4 Å². The highest BCUT2D eigenvalue weighted by Gasteiger charge is 2.19. The number of carbonyl (C=O) groups excluding carboxylic acids is 1. The number of hydrogen-bond acceptors (Lipinski definition) is 7. The van der Waals surface area contributed by atoms with Crippen LogP contribution in [0.4, 0.5) is 0 Å². The van der Waals surface area contributed by atoms with Crippen molar-refractivity contribution in [1.29, 1.82) is 0 Å². The van der Waals surface area contributed by atoms with E-state index < -0.39 is 0 Å². The molecule has 0 fully saturated rings. The lowest BCUT2D eigenvalue weighted by atomic mass is 10.1. The zero-order valence-electron chi connectivity index (χ0n) is 19.6. The number of nitrogens with zero attached hydrogens (tertiary/aromatic N) is 3. The van der Waals surface area contributed by atoms with Gasteiger partial charge in [0.1, 0.15) is 19.0 Å². The molecule has 0 unspecified atom stereocenters. The third kappa shape index (κ3) is 5.35. The first-order chi connectivity index (χ1) is 17.1. The van der Waals surface area contributed by atoms with Gasteiger partial charge in [0.15, 0.2) is 22.5 Å². The highest BCUT2D eigenvalue weighted by molar-refractivity contribution is 7.99. The van der Waals surface area contributed by atoms with E-state index in [-0.39, 0.29) is 17.7 Å². The van der Waals surface area contributed by atoms with Gasteiger partial charge in [0.25, 0.3) is 0 Å². The second-order valence-corrected chi connectivity index (χ2v) is 9.26. The van der Waals surface area contributed by atoms with Gasteiger partial charge in [-0.3, -0.25) is 9.36 Å². The Morgan fingerprint density at radius 3 is 2.74 bits per heavy atom. The summed E-state index contributed by atoms with van der Waals surface area (Å²) in [5.41, 5.74) is 3.06. The van der Waals surface area contributed by atoms with Crippen molar-refractivity contribution in [2.75, 3.05) is 19.0 Å². The van der Waals surface area contributed by atoms with Crippen LogP contribution >= 0.6 is 11.8 Å². The fourth-order valence-electron chi connectivity index (χ4n) is 3.92. The maximum absolute atomic E-state index is 12.8. The minimum absolute atomic E-state index is 0.0953. The number of benzene rings is 2. The number of fused-ring (bicyclic) bond motifs is 1. The number of thioether (sulfide) groups is 1. The van der Waals surface area contributed by atoms with Gasteiger partial charge in [0.2, 0.25) is 5.91 Å². The summed E-state index contributed by atoms with van der Waals surface area (Å²) in [4.78, 5) is 12.8. The minimum atomic E-state index is -0.178. The van der Waals surface area contributed by atoms with E-state index in [0.717, 1.165) is 34.0 Å². The Kier molecular flexibility index (Phi) is 6.76. The summed E-state index contributed by atoms with van der Waals surface area (Å²) in [7, 11) is 0. The van der Waals surface area contributed by atoms with E-state index in [1.807, 2.05) is 66.9 Å². The fraction of sp³-hybridized carbons (Fsp3) is 0.269. The average Bonchev–Trinajstić information content (AvgIpc) is 3.53. The largest absolute Gasteiger partial charge is 0.486 e. The molecule has 0 bridgehead atoms. The first-order valence-corrected chi connectivity index (χ1v) is 12.4. The third-order valence-corrected chi connectivity index (χ3v) is 6.63. The van der Waals surface area contributed by atoms with Crippen molar-refractivity contribution in [3.63, 3.8) is 0 Å². The quantitative estimate of drug-likeness (QED) is 0.360. The molecule has 1 aliphatic rings. The van der Waals surface area contributed by atoms with Crippen LogP contribution in [-0.2, 0) is 11.3 Å². The van der Waals surface area contributed by atoms with Crippen LogP contribution in [0.5, 0.6) is 11.5 Å². The number of carbonyl (C=O) groups is 1. The second-order valence-electron chi connectivity index (χ2n) is 8.32. The predicted octanol–water partition coefficient (Wildman–Crippen LogP) is 4.64. The topological polar surface area (TPSA) is 91.4 Å². The second kappa shape index (κ2) is 10.3. The Bertz CT molecular complexity index is 1320. The summed E-state index contributed by atoms with van der Waals surface area (Å²) in [6, 6.07) is 17.4. The van der Waals surface area contributed by atoms with Crippen LogP contribution in [0.3, 0.4) is 0 Å². The van der Waals surface area contributed by atoms with Crippen molar-refractivity contribution < 1.29 is 18.7 Å². The lowest BCUT2D eigenvalue weighted by Gasteiger charge is -2.21. The van der Waals surface area contributed by atoms with Gasteiger partial charge in [-0.15, -0.1) is 10.2 Å². The molecule has 0 saturated heterocycles. The number of amides is 1. The van der Waals surface area contributed by atoms with Gasteiger partial charge in [-0.2, -0.15) is 0 Å². The summed E-state index contributed by atoms with van der Waals surface area (Å²) in [5.74, 6) is 3.07. The molecular weight excluding hydrogens is 464 g/mol. The van der Waals surface area contributed by atoms with Crippen LogP contribution in [0.2, 0.25) is 0 Å². The number of furan rings is 1. The van der Waals surface area contributed by atoms with Gasteiger partial charge in [0.05, 0.1) is 24.6 Å². The molecule has 35 heavy (non-hydrogen) atoms. The number of aryl methyl sites for hydroxylation is 1. The van der Waals surface area contributed by atoms with Crippen LogP contribution in [0.25, 0.3) is 11.4 Å². The molecule has 1 aliphatic heterocycles. The maximum atomic E-state index is 12.8. The molecule has 1 N–H and O–H groups in total. The lowest BCUT2D eigenvalue weighted by molar-refractivity contribution is -0.119. The first kappa shape index (κ1) is 23.0. The molecule has 4 aromatic rings. The van der Waals surface area contributed by atoms with Gasteiger partial charge >= 0.3 is 0 Å². The normalized spacial score (nSPS) is 13.4. The highest BCUT2D eigenvalue weighted by atomic mass is 32.2. The van der Waals surface area contributed by atoms with Crippen molar-refractivity contribution in [3.8, 4) is 22.9 Å². The van der Waals surface area contributed by atoms with E-state index in [0.29, 0.717) is 30.7 Å². The van der Waals surface area contributed by atoms with E-state index in [9.17, 15) is 4.79 Å². The molecule has 9 heteroatoms.